The maximum Gasteiger partial charge on any atom is 0.128 e. The SMILES string of the molecule is CCN(CCCN(C)C)c1ccc(CNC)cn1. The number of nitrogens with zero attached hydrogens (tertiary/aromatic N) is 3. The van der Waals surface area contributed by atoms with Crippen LogP contribution in [0.25, 0.3) is 0 Å². The van der Waals surface area contributed by atoms with Crippen LogP contribution in [0.15, 0.2) is 18.3 Å². The first-order chi connectivity index (χ1) is 8.67. The third-order valence-corrected chi connectivity index (χ3v) is 2.93. The monoisotopic (exact) mass is 250 g/mol. The highest BCUT2D eigenvalue weighted by Crippen LogP contribution is 2.11. The van der Waals surface area contributed by atoms with Crippen LogP contribution in [-0.2, 0) is 6.54 Å². The highest BCUT2D eigenvalue weighted by molar-refractivity contribution is 5.39. The quantitative estimate of drug-likeness (QED) is 0.759. The Morgan fingerprint density at radius 1 is 1.22 bits per heavy atom. The molecule has 0 saturated carbocycles. The standard InChI is InChI=1S/C14H26N4/c1-5-18(10-6-9-17(3)4)14-8-7-13(11-15-2)12-16-14/h7-8,12,15H,5-6,9-11H2,1-4H3. The van der Waals surface area contributed by atoms with E-state index < -0.39 is 0 Å². The normalized spacial score (nSPS) is 10.9. The lowest BCUT2D eigenvalue weighted by Gasteiger charge is -2.23. The fraction of sp³-hybridized carbons (Fsp3) is 0.643. The summed E-state index contributed by atoms with van der Waals surface area (Å²) in [6, 6.07) is 4.26. The summed E-state index contributed by atoms with van der Waals surface area (Å²) in [7, 11) is 6.18. The van der Waals surface area contributed by atoms with Crippen molar-refractivity contribution in [3.05, 3.63) is 23.9 Å². The molecule has 0 amide bonds. The molecule has 4 nitrogen and oxygen atoms in total. The highest BCUT2D eigenvalue weighted by Gasteiger charge is 2.05. The van der Waals surface area contributed by atoms with Crippen molar-refractivity contribution in [2.75, 3.05) is 45.7 Å². The molecule has 0 unspecified atom stereocenters. The minimum Gasteiger partial charge on any atom is -0.357 e. The number of pyridine rings is 1. The van der Waals surface area contributed by atoms with E-state index >= 15 is 0 Å². The van der Waals surface area contributed by atoms with E-state index in [2.05, 4.69) is 53.3 Å². The van der Waals surface area contributed by atoms with E-state index in [-0.39, 0.29) is 0 Å². The lowest BCUT2D eigenvalue weighted by atomic mass is 10.2. The van der Waals surface area contributed by atoms with E-state index in [1.54, 1.807) is 0 Å². The Morgan fingerprint density at radius 2 is 2.00 bits per heavy atom. The van der Waals surface area contributed by atoms with Crippen molar-refractivity contribution in [2.24, 2.45) is 0 Å². The number of aromatic nitrogens is 1. The Bertz CT molecular complexity index is 321. The van der Waals surface area contributed by atoms with E-state index in [9.17, 15) is 0 Å². The first-order valence-corrected chi connectivity index (χ1v) is 6.66. The van der Waals surface area contributed by atoms with Crippen molar-refractivity contribution in [1.82, 2.24) is 15.2 Å². The van der Waals surface area contributed by atoms with Crippen molar-refractivity contribution in [3.63, 3.8) is 0 Å². The van der Waals surface area contributed by atoms with Crippen molar-refractivity contribution in [2.45, 2.75) is 19.9 Å². The van der Waals surface area contributed by atoms with E-state index in [1.807, 2.05) is 13.2 Å². The zero-order chi connectivity index (χ0) is 13.4. The number of anilines is 1. The van der Waals surface area contributed by atoms with Crippen molar-refractivity contribution < 1.29 is 0 Å². The van der Waals surface area contributed by atoms with Gasteiger partial charge in [0.15, 0.2) is 0 Å². The molecule has 0 bridgehead atoms. The van der Waals surface area contributed by atoms with Crippen LogP contribution in [0.3, 0.4) is 0 Å². The topological polar surface area (TPSA) is 31.4 Å². The first kappa shape index (κ1) is 14.9. The highest BCUT2D eigenvalue weighted by atomic mass is 15.2. The van der Waals surface area contributed by atoms with E-state index in [0.29, 0.717) is 0 Å². The van der Waals surface area contributed by atoms with Gasteiger partial charge in [-0.2, -0.15) is 0 Å². The summed E-state index contributed by atoms with van der Waals surface area (Å²) < 4.78 is 0. The molecule has 0 aliphatic rings. The second kappa shape index (κ2) is 8.06. The van der Waals surface area contributed by atoms with Gasteiger partial charge >= 0.3 is 0 Å². The lowest BCUT2D eigenvalue weighted by molar-refractivity contribution is 0.400. The zero-order valence-corrected chi connectivity index (χ0v) is 12.1. The molecule has 18 heavy (non-hydrogen) atoms. The Labute approximate surface area is 111 Å². The van der Waals surface area contributed by atoms with Gasteiger partial charge in [-0.25, -0.2) is 4.98 Å². The number of rotatable bonds is 8. The Balaban J connectivity index is 2.53. The van der Waals surface area contributed by atoms with E-state index in [4.69, 9.17) is 0 Å². The predicted molar refractivity (Wildman–Crippen MR) is 78.1 cm³/mol. The maximum absolute atomic E-state index is 4.54. The van der Waals surface area contributed by atoms with Gasteiger partial charge in [-0.05, 0) is 52.7 Å². The van der Waals surface area contributed by atoms with Crippen molar-refractivity contribution in [3.8, 4) is 0 Å². The minimum absolute atomic E-state index is 0.875. The first-order valence-electron chi connectivity index (χ1n) is 6.66. The van der Waals surface area contributed by atoms with Crippen molar-refractivity contribution >= 4 is 5.82 Å². The smallest absolute Gasteiger partial charge is 0.128 e. The van der Waals surface area contributed by atoms with Crippen LogP contribution in [-0.4, -0.2) is 50.7 Å². The molecular formula is C14H26N4. The van der Waals surface area contributed by atoms with Crippen LogP contribution in [0, 0.1) is 0 Å². The summed E-state index contributed by atoms with van der Waals surface area (Å²) in [5, 5.41) is 3.13. The summed E-state index contributed by atoms with van der Waals surface area (Å²) >= 11 is 0. The molecule has 0 aromatic carbocycles. The Hall–Kier alpha value is -1.13. The average Bonchev–Trinajstić information content (AvgIpc) is 2.36. The number of hydrogen-bond acceptors (Lipinski definition) is 4. The zero-order valence-electron chi connectivity index (χ0n) is 12.1. The van der Waals surface area contributed by atoms with Gasteiger partial charge in [0.05, 0.1) is 0 Å². The summed E-state index contributed by atoms with van der Waals surface area (Å²) in [6.07, 6.45) is 3.13. The predicted octanol–water partition coefficient (Wildman–Crippen LogP) is 1.58. The van der Waals surface area contributed by atoms with Crippen LogP contribution >= 0.6 is 0 Å². The molecule has 0 spiro atoms. The van der Waals surface area contributed by atoms with Gasteiger partial charge in [0.1, 0.15) is 5.82 Å². The van der Waals surface area contributed by atoms with Gasteiger partial charge in [-0.15, -0.1) is 0 Å². The largest absolute Gasteiger partial charge is 0.357 e. The third kappa shape index (κ3) is 5.02. The second-order valence-electron chi connectivity index (χ2n) is 4.79. The molecule has 0 radical (unpaired) electrons. The van der Waals surface area contributed by atoms with Gasteiger partial charge in [0.2, 0.25) is 0 Å². The average molecular weight is 250 g/mol. The molecule has 0 aliphatic heterocycles. The molecule has 1 rings (SSSR count). The number of nitrogens with one attached hydrogen (secondary N) is 1. The van der Waals surface area contributed by atoms with Crippen LogP contribution < -0.4 is 10.2 Å². The summed E-state index contributed by atoms with van der Waals surface area (Å²) in [4.78, 5) is 9.08. The molecule has 102 valence electrons. The van der Waals surface area contributed by atoms with E-state index in [0.717, 1.165) is 32.0 Å². The fourth-order valence-corrected chi connectivity index (χ4v) is 1.92. The van der Waals surface area contributed by atoms with Crippen LogP contribution in [0.2, 0.25) is 0 Å². The molecular weight excluding hydrogens is 224 g/mol. The van der Waals surface area contributed by atoms with Crippen LogP contribution in [0.5, 0.6) is 0 Å². The van der Waals surface area contributed by atoms with Gasteiger partial charge in [0, 0.05) is 25.8 Å². The Kier molecular flexibility index (Phi) is 6.68. The van der Waals surface area contributed by atoms with Crippen LogP contribution in [0.1, 0.15) is 18.9 Å². The molecule has 0 saturated heterocycles. The third-order valence-electron chi connectivity index (χ3n) is 2.93. The fourth-order valence-electron chi connectivity index (χ4n) is 1.92. The Morgan fingerprint density at radius 3 is 2.50 bits per heavy atom. The van der Waals surface area contributed by atoms with Gasteiger partial charge < -0.3 is 15.1 Å². The van der Waals surface area contributed by atoms with E-state index in [1.165, 1.54) is 12.0 Å². The maximum atomic E-state index is 4.54. The van der Waals surface area contributed by atoms with Gasteiger partial charge in [-0.3, -0.25) is 0 Å². The molecule has 4 heteroatoms. The number of hydrogen-bond donors (Lipinski definition) is 1. The second-order valence-corrected chi connectivity index (χ2v) is 4.79. The van der Waals surface area contributed by atoms with Gasteiger partial charge in [-0.1, -0.05) is 6.07 Å². The molecule has 1 heterocycles. The molecule has 0 aliphatic carbocycles. The summed E-state index contributed by atoms with van der Waals surface area (Å²) in [5.74, 6) is 1.08. The van der Waals surface area contributed by atoms with Crippen LogP contribution in [0.4, 0.5) is 5.82 Å². The summed E-state index contributed by atoms with van der Waals surface area (Å²) in [5.41, 5.74) is 1.23. The van der Waals surface area contributed by atoms with Crippen molar-refractivity contribution in [1.29, 1.82) is 0 Å². The molecule has 1 N–H and O–H groups in total. The van der Waals surface area contributed by atoms with Gasteiger partial charge in [0.25, 0.3) is 0 Å². The molecule has 1 aromatic rings. The molecule has 0 atom stereocenters. The minimum atomic E-state index is 0.875. The summed E-state index contributed by atoms with van der Waals surface area (Å²) in [6.45, 7) is 6.24. The molecule has 0 fully saturated rings. The lowest BCUT2D eigenvalue weighted by Crippen LogP contribution is -2.27. The molecule has 1 aromatic heterocycles.